The Labute approximate surface area is 251 Å². The topological polar surface area (TPSA) is 27.0 Å². The zero-order valence-corrected chi connectivity index (χ0v) is 23.4. The van der Waals surface area contributed by atoms with Crippen LogP contribution in [0.25, 0.3) is 55.3 Å². The van der Waals surface area contributed by atoms with Crippen LogP contribution in [0.2, 0.25) is 0 Å². The number of nitrogens with zero attached hydrogens (tertiary/aromatic N) is 2. The Hall–Kier alpha value is -5.91. The van der Waals surface area contributed by atoms with Crippen LogP contribution in [-0.2, 0) is 0 Å². The normalized spacial score (nSPS) is 11.2. The van der Waals surface area contributed by atoms with E-state index in [1.54, 1.807) is 0 Å². The minimum Gasteiger partial charge on any atom is -0.310 e. The highest BCUT2D eigenvalue weighted by Gasteiger charge is 2.22. The van der Waals surface area contributed by atoms with Crippen molar-refractivity contribution < 1.29 is 0 Å². The molecule has 2 heteroatoms. The number of benzene rings is 7. The third-order valence-corrected chi connectivity index (χ3v) is 8.43. The second-order valence-corrected chi connectivity index (χ2v) is 10.9. The minimum atomic E-state index is 0.662. The lowest BCUT2D eigenvalue weighted by atomic mass is 9.94. The number of hydrogen-bond acceptors (Lipinski definition) is 2. The van der Waals surface area contributed by atoms with Crippen LogP contribution >= 0.6 is 0 Å². The number of nitriles is 1. The van der Waals surface area contributed by atoms with E-state index in [1.165, 1.54) is 44.2 Å². The van der Waals surface area contributed by atoms with Crippen molar-refractivity contribution in [1.29, 1.82) is 5.26 Å². The lowest BCUT2D eigenvalue weighted by Gasteiger charge is -2.26. The predicted octanol–water partition coefficient (Wildman–Crippen LogP) is 11.2. The molecule has 0 saturated carbocycles. The minimum absolute atomic E-state index is 0.662. The smallest absolute Gasteiger partial charge is 0.0991 e. The summed E-state index contributed by atoms with van der Waals surface area (Å²) in [5.74, 6) is 0. The molecule has 0 aromatic heterocycles. The van der Waals surface area contributed by atoms with Gasteiger partial charge in [-0.3, -0.25) is 0 Å². The molecular weight excluding hydrogens is 520 g/mol. The van der Waals surface area contributed by atoms with E-state index in [0.29, 0.717) is 5.56 Å². The van der Waals surface area contributed by atoms with Gasteiger partial charge in [-0.2, -0.15) is 5.26 Å². The molecule has 0 spiro atoms. The molecule has 0 heterocycles. The molecule has 1 aliphatic carbocycles. The van der Waals surface area contributed by atoms with Gasteiger partial charge in [-0.25, -0.2) is 0 Å². The quantitative estimate of drug-likeness (QED) is 0.215. The predicted molar refractivity (Wildman–Crippen MR) is 179 cm³/mol. The van der Waals surface area contributed by atoms with Crippen molar-refractivity contribution in [3.05, 3.63) is 163 Å². The SMILES string of the molecule is N#Cc1ccc(-c2cccc(N(c3ccccc3)c3cccc(-c4ccc5c6c(cccc46)-c4ccccc4-5)c3)c2)cc1. The van der Waals surface area contributed by atoms with Crippen LogP contribution in [-0.4, -0.2) is 0 Å². The van der Waals surface area contributed by atoms with E-state index in [-0.39, 0.29) is 0 Å². The summed E-state index contributed by atoms with van der Waals surface area (Å²) >= 11 is 0. The summed E-state index contributed by atoms with van der Waals surface area (Å²) in [4.78, 5) is 2.31. The van der Waals surface area contributed by atoms with Gasteiger partial charge in [0.25, 0.3) is 0 Å². The molecular formula is C41H26N2. The van der Waals surface area contributed by atoms with Crippen LogP contribution in [0.4, 0.5) is 17.1 Å². The molecule has 2 nitrogen and oxygen atoms in total. The molecule has 0 amide bonds. The lowest BCUT2D eigenvalue weighted by Crippen LogP contribution is -2.10. The van der Waals surface area contributed by atoms with Crippen LogP contribution in [0.5, 0.6) is 0 Å². The number of anilines is 3. The fourth-order valence-corrected chi connectivity index (χ4v) is 6.46. The van der Waals surface area contributed by atoms with Crippen LogP contribution in [0.3, 0.4) is 0 Å². The van der Waals surface area contributed by atoms with Gasteiger partial charge in [0, 0.05) is 17.1 Å². The van der Waals surface area contributed by atoms with Crippen molar-refractivity contribution in [3.63, 3.8) is 0 Å². The molecule has 7 aromatic carbocycles. The second kappa shape index (κ2) is 10.2. The Balaban J connectivity index is 1.26. The molecule has 0 fully saturated rings. The average molecular weight is 547 g/mol. The molecule has 0 radical (unpaired) electrons. The highest BCUT2D eigenvalue weighted by Crippen LogP contribution is 2.49. The third-order valence-electron chi connectivity index (χ3n) is 8.43. The van der Waals surface area contributed by atoms with Gasteiger partial charge in [0.2, 0.25) is 0 Å². The van der Waals surface area contributed by atoms with E-state index in [4.69, 9.17) is 0 Å². The molecule has 0 atom stereocenters. The van der Waals surface area contributed by atoms with Gasteiger partial charge in [0.15, 0.2) is 0 Å². The van der Waals surface area contributed by atoms with Gasteiger partial charge in [-0.15, -0.1) is 0 Å². The first kappa shape index (κ1) is 24.9. The van der Waals surface area contributed by atoms with Crippen molar-refractivity contribution in [2.45, 2.75) is 0 Å². The molecule has 7 aromatic rings. The van der Waals surface area contributed by atoms with Crippen molar-refractivity contribution in [3.8, 4) is 50.6 Å². The van der Waals surface area contributed by atoms with Crippen molar-refractivity contribution in [2.75, 3.05) is 4.90 Å². The number of hydrogen-bond donors (Lipinski definition) is 0. The first-order valence-corrected chi connectivity index (χ1v) is 14.5. The summed E-state index contributed by atoms with van der Waals surface area (Å²) < 4.78 is 0. The van der Waals surface area contributed by atoms with E-state index in [9.17, 15) is 5.26 Å². The zero-order chi connectivity index (χ0) is 28.8. The van der Waals surface area contributed by atoms with Crippen molar-refractivity contribution in [2.24, 2.45) is 0 Å². The first-order chi connectivity index (χ1) is 21.3. The summed E-state index contributed by atoms with van der Waals surface area (Å²) in [6.07, 6.45) is 0. The van der Waals surface area contributed by atoms with Gasteiger partial charge in [0.1, 0.15) is 0 Å². The fraction of sp³-hybridized carbons (Fsp3) is 0. The fourth-order valence-electron chi connectivity index (χ4n) is 6.46. The highest BCUT2D eigenvalue weighted by molar-refractivity contribution is 6.18. The van der Waals surface area contributed by atoms with Gasteiger partial charge >= 0.3 is 0 Å². The Morgan fingerprint density at radius 2 is 0.953 bits per heavy atom. The highest BCUT2D eigenvalue weighted by atomic mass is 15.1. The Morgan fingerprint density at radius 3 is 1.67 bits per heavy atom. The number of para-hydroxylation sites is 1. The molecule has 1 aliphatic rings. The third kappa shape index (κ3) is 4.19. The number of fused-ring (bicyclic) bond motifs is 3. The Bertz CT molecular complexity index is 2160. The number of rotatable bonds is 5. The molecule has 200 valence electrons. The van der Waals surface area contributed by atoms with Crippen LogP contribution in [0.1, 0.15) is 5.56 Å². The van der Waals surface area contributed by atoms with E-state index in [2.05, 4.69) is 144 Å². The Kier molecular flexibility index (Phi) is 5.88. The molecule has 0 saturated heterocycles. The van der Waals surface area contributed by atoms with Gasteiger partial charge < -0.3 is 4.90 Å². The summed E-state index contributed by atoms with van der Waals surface area (Å²) in [6.45, 7) is 0. The summed E-state index contributed by atoms with van der Waals surface area (Å²) in [5, 5.41) is 11.9. The maximum atomic E-state index is 9.25. The standard InChI is InChI=1S/C41H26N2/c42-27-28-19-21-29(22-20-28)30-9-6-13-33(25-30)43(32-11-2-1-3-12-32)34-14-7-10-31(26-34)35-23-24-40-37-16-5-4-15-36(37)39-18-8-17-38(35)41(39)40/h1-26H. The van der Waals surface area contributed by atoms with E-state index in [0.717, 1.165) is 28.2 Å². The lowest BCUT2D eigenvalue weighted by molar-refractivity contribution is 1.28. The van der Waals surface area contributed by atoms with Gasteiger partial charge in [0.05, 0.1) is 11.6 Å². The molecule has 0 aliphatic heterocycles. The molecule has 43 heavy (non-hydrogen) atoms. The van der Waals surface area contributed by atoms with E-state index >= 15 is 0 Å². The maximum Gasteiger partial charge on any atom is 0.0991 e. The van der Waals surface area contributed by atoms with Crippen LogP contribution in [0, 0.1) is 11.3 Å². The zero-order valence-electron chi connectivity index (χ0n) is 23.4. The van der Waals surface area contributed by atoms with E-state index in [1.807, 2.05) is 24.3 Å². The first-order valence-electron chi connectivity index (χ1n) is 14.5. The molecule has 0 bridgehead atoms. The average Bonchev–Trinajstić information content (AvgIpc) is 3.41. The van der Waals surface area contributed by atoms with Crippen LogP contribution < -0.4 is 4.90 Å². The molecule has 8 rings (SSSR count). The van der Waals surface area contributed by atoms with Crippen LogP contribution in [0.15, 0.2) is 158 Å². The summed E-state index contributed by atoms with van der Waals surface area (Å²) in [7, 11) is 0. The van der Waals surface area contributed by atoms with Gasteiger partial charge in [-0.05, 0) is 104 Å². The molecule has 0 unspecified atom stereocenters. The van der Waals surface area contributed by atoms with Gasteiger partial charge in [-0.1, -0.05) is 109 Å². The van der Waals surface area contributed by atoms with Crippen molar-refractivity contribution >= 4 is 27.8 Å². The second-order valence-electron chi connectivity index (χ2n) is 10.9. The maximum absolute atomic E-state index is 9.25. The summed E-state index contributed by atoms with van der Waals surface area (Å²) in [6, 6.07) is 57.9. The largest absolute Gasteiger partial charge is 0.310 e. The monoisotopic (exact) mass is 546 g/mol. The summed E-state index contributed by atoms with van der Waals surface area (Å²) in [5.41, 5.74) is 13.8. The van der Waals surface area contributed by atoms with Crippen molar-refractivity contribution in [1.82, 2.24) is 0 Å². The Morgan fingerprint density at radius 1 is 0.395 bits per heavy atom. The molecule has 0 N–H and O–H groups in total. The van der Waals surface area contributed by atoms with E-state index < -0.39 is 0 Å².